The monoisotopic (exact) mass is 483 g/mol. The molecule has 0 saturated carbocycles. The molecule has 1 aromatic heterocycles. The van der Waals surface area contributed by atoms with E-state index in [9.17, 15) is 32.7 Å². The minimum absolute atomic E-state index is 0.0170. The van der Waals surface area contributed by atoms with Crippen LogP contribution in [0.1, 0.15) is 11.1 Å². The molecule has 2 amide bonds. The minimum Gasteiger partial charge on any atom is -0.479 e. The molecule has 0 fully saturated rings. The molecule has 1 unspecified atom stereocenters. The summed E-state index contributed by atoms with van der Waals surface area (Å²) in [6.07, 6.45) is -4.70. The van der Waals surface area contributed by atoms with Gasteiger partial charge in [-0.2, -0.15) is 13.2 Å². The van der Waals surface area contributed by atoms with E-state index in [0.29, 0.717) is 6.07 Å². The lowest BCUT2D eigenvalue weighted by Gasteiger charge is -2.20. The highest BCUT2D eigenvalue weighted by Gasteiger charge is 2.37. The van der Waals surface area contributed by atoms with Crippen molar-refractivity contribution < 1.29 is 32.7 Å². The third kappa shape index (κ3) is 4.91. The number of alkyl halides is 3. The zero-order valence-electron chi connectivity index (χ0n) is 16.1. The smallest absolute Gasteiger partial charge is 0.417 e. The topological polar surface area (TPSA) is 176 Å². The Morgan fingerprint density at radius 1 is 1.15 bits per heavy atom. The molecule has 0 bridgehead atoms. The lowest BCUT2D eigenvalue weighted by atomic mass is 9.90. The number of aldehydes is 1. The van der Waals surface area contributed by atoms with Gasteiger partial charge in [0.15, 0.2) is 17.6 Å². The highest BCUT2D eigenvalue weighted by molar-refractivity contribution is 6.31. The number of amides is 2. The number of carbonyl (C=O) groups excluding carboxylic acids is 2. The Morgan fingerprint density at radius 3 is 2.45 bits per heavy atom. The number of hydrogen-bond acceptors (Lipinski definition) is 7. The van der Waals surface area contributed by atoms with Gasteiger partial charge in [0.1, 0.15) is 0 Å². The van der Waals surface area contributed by atoms with Crippen LogP contribution >= 0.6 is 11.6 Å². The fraction of sp³-hybridized carbons (Fsp3) is 0.111. The van der Waals surface area contributed by atoms with Crippen LogP contribution in [0.15, 0.2) is 36.4 Å². The average Bonchev–Trinajstić information content (AvgIpc) is 3.28. The third-order valence-electron chi connectivity index (χ3n) is 4.42. The van der Waals surface area contributed by atoms with Crippen molar-refractivity contribution in [2.75, 3.05) is 10.6 Å². The highest BCUT2D eigenvalue weighted by atomic mass is 35.5. The number of carboxylic acid groups (broad SMARTS) is 1. The summed E-state index contributed by atoms with van der Waals surface area (Å²) < 4.78 is 39.1. The van der Waals surface area contributed by atoms with Crippen LogP contribution in [0.3, 0.4) is 0 Å². The van der Waals surface area contributed by atoms with E-state index in [-0.39, 0.29) is 34.6 Å². The molecule has 33 heavy (non-hydrogen) atoms. The van der Waals surface area contributed by atoms with Gasteiger partial charge < -0.3 is 26.3 Å². The summed E-state index contributed by atoms with van der Waals surface area (Å²) in [6.45, 7) is 0. The summed E-state index contributed by atoms with van der Waals surface area (Å²) in [6, 6.07) is 5.43. The molecule has 0 radical (unpaired) electrons. The average molecular weight is 484 g/mol. The van der Waals surface area contributed by atoms with E-state index >= 15 is 0 Å². The van der Waals surface area contributed by atoms with E-state index < -0.39 is 34.3 Å². The van der Waals surface area contributed by atoms with Crippen molar-refractivity contribution in [1.29, 1.82) is 0 Å². The van der Waals surface area contributed by atoms with Crippen LogP contribution in [-0.2, 0) is 21.3 Å². The zero-order valence-corrected chi connectivity index (χ0v) is 16.9. The minimum atomic E-state index is -4.73. The molecule has 15 heteroatoms. The van der Waals surface area contributed by atoms with Gasteiger partial charge in [0.2, 0.25) is 0 Å². The number of urea groups is 1. The van der Waals surface area contributed by atoms with Crippen LogP contribution in [-0.4, -0.2) is 44.0 Å². The fourth-order valence-electron chi connectivity index (χ4n) is 2.73. The molecule has 1 heterocycles. The number of nitrogens with one attached hydrogen (secondary N) is 3. The Balaban J connectivity index is 1.93. The Morgan fingerprint density at radius 2 is 1.88 bits per heavy atom. The Bertz CT molecular complexity index is 1220. The molecular formula is C18H13ClF3N7O4. The largest absolute Gasteiger partial charge is 0.479 e. The standard InChI is InChI=1S/C18H13ClF3N7O4/c19-12-3-2-9(6-11(12)18(20,21)22)24-16(33)25-13-4-1-8(17(23,7-30)15(31)32)5-10(13)14-26-28-29-27-14/h1-7H,23H2,(H,31,32)(H2,24,25,33)(H,26,27,28,29). The van der Waals surface area contributed by atoms with Gasteiger partial charge >= 0.3 is 18.2 Å². The normalized spacial score (nSPS) is 13.1. The molecule has 0 saturated heterocycles. The third-order valence-corrected chi connectivity index (χ3v) is 4.74. The second-order valence-electron chi connectivity index (χ2n) is 6.57. The van der Waals surface area contributed by atoms with Gasteiger partial charge in [-0.05, 0) is 46.3 Å². The van der Waals surface area contributed by atoms with E-state index in [1.54, 1.807) is 0 Å². The van der Waals surface area contributed by atoms with Gasteiger partial charge in [-0.1, -0.05) is 17.7 Å². The first kappa shape index (κ1) is 23.6. The number of hydrogen-bond donors (Lipinski definition) is 5. The van der Waals surface area contributed by atoms with E-state index in [2.05, 4.69) is 31.3 Å². The molecule has 11 nitrogen and oxygen atoms in total. The Labute approximate surface area is 187 Å². The number of halogens is 4. The molecule has 0 aliphatic carbocycles. The van der Waals surface area contributed by atoms with Gasteiger partial charge in [0, 0.05) is 11.3 Å². The number of carboxylic acids is 1. The summed E-state index contributed by atoms with van der Waals surface area (Å²) in [5.74, 6) is -1.64. The predicted octanol–water partition coefficient (Wildman–Crippen LogP) is 2.62. The van der Waals surface area contributed by atoms with Crippen LogP contribution in [0.4, 0.5) is 29.3 Å². The number of benzene rings is 2. The molecule has 1 atom stereocenters. The summed E-state index contributed by atoms with van der Waals surface area (Å²) in [4.78, 5) is 35.2. The maximum absolute atomic E-state index is 13.0. The summed E-state index contributed by atoms with van der Waals surface area (Å²) in [5, 5.41) is 26.3. The first-order chi connectivity index (χ1) is 15.5. The number of nitrogens with two attached hydrogens (primary N) is 1. The van der Waals surface area contributed by atoms with Gasteiger partial charge in [-0.15, -0.1) is 5.10 Å². The maximum atomic E-state index is 13.0. The Hall–Kier alpha value is -4.04. The van der Waals surface area contributed by atoms with E-state index in [1.165, 1.54) is 24.3 Å². The fourth-order valence-corrected chi connectivity index (χ4v) is 2.95. The number of nitrogens with zero attached hydrogens (tertiary/aromatic N) is 3. The van der Waals surface area contributed by atoms with Gasteiger partial charge in [0.05, 0.1) is 16.3 Å². The molecule has 6 N–H and O–H groups in total. The van der Waals surface area contributed by atoms with E-state index in [4.69, 9.17) is 17.3 Å². The highest BCUT2D eigenvalue weighted by Crippen LogP contribution is 2.36. The molecule has 172 valence electrons. The first-order valence-corrected chi connectivity index (χ1v) is 9.15. The number of aliphatic carboxylic acids is 1. The summed E-state index contributed by atoms with van der Waals surface area (Å²) in [5.41, 5.74) is 1.88. The van der Waals surface area contributed by atoms with Crippen molar-refractivity contribution in [1.82, 2.24) is 20.6 Å². The van der Waals surface area contributed by atoms with Crippen molar-refractivity contribution in [3.8, 4) is 11.4 Å². The number of anilines is 2. The second kappa shape index (κ2) is 8.84. The van der Waals surface area contributed by atoms with Gasteiger partial charge in [0.25, 0.3) is 0 Å². The van der Waals surface area contributed by atoms with Crippen LogP contribution in [0.2, 0.25) is 5.02 Å². The SMILES string of the molecule is NC(C=O)(C(=O)O)c1ccc(NC(=O)Nc2ccc(Cl)c(C(F)(F)F)c2)c(-c2nnn[nH]2)c1. The van der Waals surface area contributed by atoms with Gasteiger partial charge in [-0.3, -0.25) is 0 Å². The number of aromatic nitrogens is 4. The number of tetrazole rings is 1. The number of rotatable bonds is 6. The predicted molar refractivity (Wildman–Crippen MR) is 108 cm³/mol. The molecule has 3 rings (SSSR count). The maximum Gasteiger partial charge on any atom is 0.417 e. The van der Waals surface area contributed by atoms with Crippen LogP contribution in [0, 0.1) is 0 Å². The summed E-state index contributed by atoms with van der Waals surface area (Å²) >= 11 is 5.56. The number of carbonyl (C=O) groups is 3. The van der Waals surface area contributed by atoms with Crippen molar-refractivity contribution in [3.05, 3.63) is 52.5 Å². The van der Waals surface area contributed by atoms with Crippen molar-refractivity contribution in [2.24, 2.45) is 5.73 Å². The number of H-pyrrole nitrogens is 1. The molecule has 0 aliphatic rings. The van der Waals surface area contributed by atoms with Gasteiger partial charge in [-0.25, -0.2) is 14.7 Å². The van der Waals surface area contributed by atoms with Crippen molar-refractivity contribution in [3.63, 3.8) is 0 Å². The zero-order chi connectivity index (χ0) is 24.4. The van der Waals surface area contributed by atoms with Crippen LogP contribution in [0.25, 0.3) is 11.4 Å². The Kier molecular flexibility index (Phi) is 6.32. The van der Waals surface area contributed by atoms with E-state index in [1.807, 2.05) is 0 Å². The first-order valence-electron chi connectivity index (χ1n) is 8.77. The molecule has 3 aromatic rings. The quantitative estimate of drug-likeness (QED) is 0.262. The molecule has 0 aliphatic heterocycles. The van der Waals surface area contributed by atoms with Crippen LogP contribution < -0.4 is 16.4 Å². The molecule has 2 aromatic carbocycles. The lowest BCUT2D eigenvalue weighted by Crippen LogP contribution is -2.46. The lowest BCUT2D eigenvalue weighted by molar-refractivity contribution is -0.145. The van der Waals surface area contributed by atoms with Crippen molar-refractivity contribution >= 4 is 41.3 Å². The second-order valence-corrected chi connectivity index (χ2v) is 6.98. The molecule has 0 spiro atoms. The van der Waals surface area contributed by atoms with Crippen molar-refractivity contribution in [2.45, 2.75) is 11.7 Å². The number of aromatic amines is 1. The summed E-state index contributed by atoms with van der Waals surface area (Å²) in [7, 11) is 0. The van der Waals surface area contributed by atoms with Crippen LogP contribution in [0.5, 0.6) is 0 Å². The molecular weight excluding hydrogens is 471 g/mol. The van der Waals surface area contributed by atoms with E-state index in [0.717, 1.165) is 6.07 Å².